The van der Waals surface area contributed by atoms with Crippen LogP contribution in [0.3, 0.4) is 0 Å². The lowest BCUT2D eigenvalue weighted by Crippen LogP contribution is -2.32. The first-order valence-electron chi connectivity index (χ1n) is 13.6. The van der Waals surface area contributed by atoms with E-state index in [-0.39, 0.29) is 18.9 Å². The van der Waals surface area contributed by atoms with E-state index in [2.05, 4.69) is 10.0 Å². The molecule has 0 atom stereocenters. The molecule has 5 rings (SSSR count). The predicted molar refractivity (Wildman–Crippen MR) is 164 cm³/mol. The summed E-state index contributed by atoms with van der Waals surface area (Å²) in [7, 11) is -3.67. The number of alkyl carbamates (subject to hydrolysis) is 1. The van der Waals surface area contributed by atoms with Crippen molar-refractivity contribution in [3.63, 3.8) is 0 Å². The van der Waals surface area contributed by atoms with E-state index in [9.17, 15) is 18.3 Å². The van der Waals surface area contributed by atoms with Crippen LogP contribution in [0.1, 0.15) is 43.3 Å². The van der Waals surface area contributed by atoms with Crippen LogP contribution in [0.4, 0.5) is 10.5 Å². The van der Waals surface area contributed by atoms with Gasteiger partial charge in [0.15, 0.2) is 0 Å². The van der Waals surface area contributed by atoms with Crippen molar-refractivity contribution < 1.29 is 23.1 Å². The lowest BCUT2D eigenvalue weighted by Gasteiger charge is -2.19. The van der Waals surface area contributed by atoms with E-state index < -0.39 is 21.7 Å². The van der Waals surface area contributed by atoms with Crippen LogP contribution in [0.15, 0.2) is 84.9 Å². The molecule has 0 aliphatic rings. The number of hydrogen-bond donors (Lipinski definition) is 3. The number of benzene rings is 3. The molecule has 10 heteroatoms. The van der Waals surface area contributed by atoms with Gasteiger partial charge >= 0.3 is 6.09 Å². The van der Waals surface area contributed by atoms with Crippen molar-refractivity contribution >= 4 is 43.6 Å². The van der Waals surface area contributed by atoms with E-state index in [4.69, 9.17) is 9.72 Å². The molecule has 42 heavy (non-hydrogen) atoms. The normalized spacial score (nSPS) is 12.0. The Hall–Kier alpha value is -4.41. The third-order valence-electron chi connectivity index (χ3n) is 6.61. The van der Waals surface area contributed by atoms with Gasteiger partial charge in [-0.05, 0) is 73.0 Å². The summed E-state index contributed by atoms with van der Waals surface area (Å²) < 4.78 is 36.1. The molecule has 0 bridgehead atoms. The van der Waals surface area contributed by atoms with Crippen molar-refractivity contribution in [2.45, 2.75) is 51.8 Å². The highest BCUT2D eigenvalue weighted by molar-refractivity contribution is 7.91. The molecule has 0 radical (unpaired) electrons. The fraction of sp³-hybridized carbons (Fsp3) is 0.250. The molecule has 0 saturated carbocycles. The molecule has 2 aromatic heterocycles. The van der Waals surface area contributed by atoms with Crippen molar-refractivity contribution in [1.82, 2.24) is 14.9 Å². The molecule has 3 aromatic carbocycles. The maximum Gasteiger partial charge on any atom is 0.407 e. The van der Waals surface area contributed by atoms with Crippen LogP contribution in [-0.4, -0.2) is 34.8 Å². The Bertz CT molecular complexity index is 1840. The first-order valence-corrected chi connectivity index (χ1v) is 15.3. The molecule has 1 amide bonds. The van der Waals surface area contributed by atoms with Crippen molar-refractivity contribution in [3.05, 3.63) is 107 Å². The number of nitrogens with zero attached hydrogens (tertiary/aromatic N) is 2. The zero-order chi connectivity index (χ0) is 29.9. The summed E-state index contributed by atoms with van der Waals surface area (Å²) in [5, 5.41) is 15.6. The van der Waals surface area contributed by atoms with Crippen LogP contribution in [0, 0.1) is 0 Å². The van der Waals surface area contributed by atoms with E-state index in [0.717, 1.165) is 21.7 Å². The minimum Gasteiger partial charge on any atom is -0.444 e. The number of carbonyl (C=O) groups is 1. The number of aromatic nitrogens is 2. The Morgan fingerprint density at radius 3 is 2.43 bits per heavy atom. The van der Waals surface area contributed by atoms with Gasteiger partial charge < -0.3 is 19.7 Å². The van der Waals surface area contributed by atoms with E-state index in [1.807, 2.05) is 77.4 Å². The topological polar surface area (TPSA) is 123 Å². The highest BCUT2D eigenvalue weighted by Crippen LogP contribution is 2.28. The molecular formula is C32H34N4O5S. The predicted octanol–water partition coefficient (Wildman–Crippen LogP) is 5.70. The third-order valence-corrected chi connectivity index (χ3v) is 7.87. The molecule has 0 aliphatic heterocycles. The number of fused-ring (bicyclic) bond motifs is 2. The zero-order valence-electron chi connectivity index (χ0n) is 23.8. The summed E-state index contributed by atoms with van der Waals surface area (Å²) in [6.07, 6.45) is -0.533. The van der Waals surface area contributed by atoms with Gasteiger partial charge in [0.25, 0.3) is 0 Å². The molecule has 3 N–H and O–H groups in total. The molecule has 0 aliphatic carbocycles. The maximum absolute atomic E-state index is 13.0. The number of nitrogens with one attached hydrogen (secondary N) is 2. The molecule has 218 valence electrons. The smallest absolute Gasteiger partial charge is 0.407 e. The highest BCUT2D eigenvalue weighted by atomic mass is 32.2. The monoisotopic (exact) mass is 586 g/mol. The largest absolute Gasteiger partial charge is 0.444 e. The SMILES string of the molecule is CC(C)(C)OC(=O)NCc1ccc2cc(CO)n(Cc3cc(NS(=O)(=O)Cc4ccccc4)cc4ccccc34)c2n1. The van der Waals surface area contributed by atoms with E-state index in [1.54, 1.807) is 32.9 Å². The second kappa shape index (κ2) is 11.8. The number of ether oxygens (including phenoxy) is 1. The summed E-state index contributed by atoms with van der Waals surface area (Å²) in [4.78, 5) is 17.0. The van der Waals surface area contributed by atoms with Gasteiger partial charge in [-0.25, -0.2) is 18.2 Å². The van der Waals surface area contributed by atoms with Crippen molar-refractivity contribution in [3.8, 4) is 0 Å². The number of pyridine rings is 1. The van der Waals surface area contributed by atoms with E-state index in [1.165, 1.54) is 0 Å². The Labute approximate surface area is 245 Å². The first-order chi connectivity index (χ1) is 20.0. The van der Waals surface area contributed by atoms with Gasteiger partial charge in [0.1, 0.15) is 11.2 Å². The Morgan fingerprint density at radius 1 is 0.952 bits per heavy atom. The Kier molecular flexibility index (Phi) is 8.20. The average molecular weight is 587 g/mol. The number of amides is 1. The number of sulfonamides is 1. The van der Waals surface area contributed by atoms with Gasteiger partial charge in [-0.15, -0.1) is 0 Å². The second-order valence-electron chi connectivity index (χ2n) is 11.2. The summed E-state index contributed by atoms with van der Waals surface area (Å²) in [6.45, 7) is 5.70. The van der Waals surface area contributed by atoms with Crippen LogP contribution in [0.25, 0.3) is 21.8 Å². The molecule has 0 spiro atoms. The number of hydrogen-bond acceptors (Lipinski definition) is 6. The van der Waals surface area contributed by atoms with Crippen LogP contribution in [-0.2, 0) is 40.2 Å². The van der Waals surface area contributed by atoms with Gasteiger partial charge in [0.05, 0.1) is 31.1 Å². The van der Waals surface area contributed by atoms with Crippen LogP contribution in [0.2, 0.25) is 0 Å². The highest BCUT2D eigenvalue weighted by Gasteiger charge is 2.18. The lowest BCUT2D eigenvalue weighted by molar-refractivity contribution is 0.0523. The number of rotatable bonds is 9. The van der Waals surface area contributed by atoms with Crippen LogP contribution >= 0.6 is 0 Å². The quantitative estimate of drug-likeness (QED) is 0.204. The summed E-state index contributed by atoms with van der Waals surface area (Å²) >= 11 is 0. The molecule has 9 nitrogen and oxygen atoms in total. The van der Waals surface area contributed by atoms with E-state index >= 15 is 0 Å². The minimum absolute atomic E-state index is 0.142. The fourth-order valence-corrected chi connectivity index (χ4v) is 6.04. The number of anilines is 1. The van der Waals surface area contributed by atoms with Crippen molar-refractivity contribution in [2.75, 3.05) is 4.72 Å². The van der Waals surface area contributed by atoms with E-state index in [0.29, 0.717) is 34.8 Å². The third kappa shape index (κ3) is 7.07. The van der Waals surface area contributed by atoms with Gasteiger partial charge in [0, 0.05) is 16.8 Å². The molecule has 0 unspecified atom stereocenters. The molecule has 0 saturated heterocycles. The average Bonchev–Trinajstić information content (AvgIpc) is 3.27. The fourth-order valence-electron chi connectivity index (χ4n) is 4.86. The van der Waals surface area contributed by atoms with Crippen LogP contribution < -0.4 is 10.0 Å². The van der Waals surface area contributed by atoms with Crippen molar-refractivity contribution in [1.29, 1.82) is 0 Å². The van der Waals surface area contributed by atoms with Gasteiger partial charge in [-0.2, -0.15) is 0 Å². The van der Waals surface area contributed by atoms with Gasteiger partial charge in [-0.3, -0.25) is 4.72 Å². The van der Waals surface area contributed by atoms with Crippen molar-refractivity contribution in [2.24, 2.45) is 0 Å². The Balaban J connectivity index is 1.47. The van der Waals surface area contributed by atoms with Gasteiger partial charge in [-0.1, -0.05) is 54.6 Å². The first kappa shape index (κ1) is 29.1. The summed E-state index contributed by atoms with van der Waals surface area (Å²) in [5.41, 5.74) is 3.33. The number of aliphatic hydroxyl groups excluding tert-OH is 1. The molecule has 0 fully saturated rings. The molecular weight excluding hydrogens is 552 g/mol. The van der Waals surface area contributed by atoms with Crippen LogP contribution in [0.5, 0.6) is 0 Å². The maximum atomic E-state index is 13.0. The molecule has 2 heterocycles. The summed E-state index contributed by atoms with van der Waals surface area (Å²) in [6, 6.07) is 26.0. The lowest BCUT2D eigenvalue weighted by atomic mass is 10.0. The molecule has 5 aromatic rings. The Morgan fingerprint density at radius 2 is 1.69 bits per heavy atom. The summed E-state index contributed by atoms with van der Waals surface area (Å²) in [5.74, 6) is -0.142. The zero-order valence-corrected chi connectivity index (χ0v) is 24.6. The minimum atomic E-state index is -3.67. The van der Waals surface area contributed by atoms with Gasteiger partial charge in [0.2, 0.25) is 10.0 Å². The second-order valence-corrected chi connectivity index (χ2v) is 12.9. The standard InChI is InChI=1S/C32H34N4O5S/c1-32(2,3)41-31(38)33-18-26-14-13-24-17-28(20-37)36(30(24)34-26)19-25-16-27(15-23-11-7-8-12-29(23)25)35-42(39,40)21-22-9-5-4-6-10-22/h4-17,35,37H,18-21H2,1-3H3,(H,33,38). The number of aliphatic hydroxyl groups is 1. The number of carbonyl (C=O) groups excluding carboxylic acids is 1.